The minimum Gasteiger partial charge on any atom is -0.397 e. The number of hydrogen-bond acceptors (Lipinski definition) is 7. The molecule has 4 heterocycles. The van der Waals surface area contributed by atoms with Crippen molar-refractivity contribution in [2.45, 2.75) is 69.9 Å². The van der Waals surface area contributed by atoms with Gasteiger partial charge in [-0.2, -0.15) is 0 Å². The third-order valence-corrected chi connectivity index (χ3v) is 12.7. The zero-order valence-corrected chi connectivity index (χ0v) is 25.9. The quantitative estimate of drug-likeness (QED) is 0.182. The monoisotopic (exact) mass is 599 g/mol. The number of carbonyl (C=O) groups is 1. The highest BCUT2D eigenvalue weighted by Gasteiger charge is 2.54. The summed E-state index contributed by atoms with van der Waals surface area (Å²) in [5.41, 5.74) is 10.1. The van der Waals surface area contributed by atoms with Crippen LogP contribution in [0.15, 0.2) is 35.6 Å². The Morgan fingerprint density at radius 2 is 2.00 bits per heavy atom. The Morgan fingerprint density at radius 1 is 1.26 bits per heavy atom. The summed E-state index contributed by atoms with van der Waals surface area (Å²) in [5, 5.41) is 6.64. The largest absolute Gasteiger partial charge is 0.397 e. The Bertz CT molecular complexity index is 1550. The maximum absolute atomic E-state index is 14.6. The molecule has 42 heavy (non-hydrogen) atoms. The van der Waals surface area contributed by atoms with Gasteiger partial charge in [0.1, 0.15) is 0 Å². The van der Waals surface area contributed by atoms with Crippen LogP contribution in [0.25, 0.3) is 5.65 Å². The molecule has 0 unspecified atom stereocenters. The molecule has 3 aromatic rings. The number of piperidine rings is 1. The number of anilines is 3. The number of nitrogens with zero attached hydrogens (tertiary/aromatic N) is 4. The number of fused-ring (bicyclic) bond motifs is 1. The van der Waals surface area contributed by atoms with E-state index < -0.39 is 22.0 Å². The van der Waals surface area contributed by atoms with Gasteiger partial charge in [0.25, 0.3) is 5.91 Å². The van der Waals surface area contributed by atoms with Crippen molar-refractivity contribution in [3.05, 3.63) is 53.2 Å². The van der Waals surface area contributed by atoms with Crippen LogP contribution < -0.4 is 21.3 Å². The lowest BCUT2D eigenvalue weighted by Crippen LogP contribution is -2.44. The van der Waals surface area contributed by atoms with Gasteiger partial charge >= 0.3 is 0 Å². The van der Waals surface area contributed by atoms with Gasteiger partial charge in [-0.25, -0.2) is 9.37 Å². The van der Waals surface area contributed by atoms with E-state index in [-0.39, 0.29) is 13.2 Å². The van der Waals surface area contributed by atoms with Crippen molar-refractivity contribution in [1.82, 2.24) is 14.7 Å². The summed E-state index contributed by atoms with van der Waals surface area (Å²) in [6, 6.07) is 5.88. The van der Waals surface area contributed by atoms with Crippen LogP contribution >= 0.6 is 10.3 Å². The van der Waals surface area contributed by atoms with Crippen LogP contribution in [-0.4, -0.2) is 76.1 Å². The first-order valence-electron chi connectivity index (χ1n) is 14.8. The first-order chi connectivity index (χ1) is 20.0. The van der Waals surface area contributed by atoms with Gasteiger partial charge in [0, 0.05) is 87.3 Å². The molecule has 9 nitrogen and oxygen atoms in total. The number of halogens is 1. The highest BCUT2D eigenvalue weighted by molar-refractivity contribution is 8.36. The summed E-state index contributed by atoms with van der Waals surface area (Å²) >= 11 is 0. The lowest BCUT2D eigenvalue weighted by atomic mass is 10.00. The van der Waals surface area contributed by atoms with Crippen LogP contribution in [0.3, 0.4) is 0 Å². The predicted octanol–water partition coefficient (Wildman–Crippen LogP) is 5.40. The fourth-order valence-corrected chi connectivity index (χ4v) is 9.02. The third-order valence-electron chi connectivity index (χ3n) is 8.67. The van der Waals surface area contributed by atoms with Crippen molar-refractivity contribution in [2.24, 2.45) is 4.99 Å². The second kappa shape index (κ2) is 10.8. The van der Waals surface area contributed by atoms with E-state index in [9.17, 15) is 9.18 Å². The lowest BCUT2D eigenvalue weighted by molar-refractivity contribution is 0.102. The predicted molar refractivity (Wildman–Crippen MR) is 175 cm³/mol. The molecule has 1 aromatic carbocycles. The second-order valence-electron chi connectivity index (χ2n) is 12.7. The molecule has 0 radical (unpaired) electrons. The smallest absolute Gasteiger partial charge is 0.257 e. The molecular formula is C31H46FN7O2S. The van der Waals surface area contributed by atoms with Crippen LogP contribution in [0.2, 0.25) is 0 Å². The van der Waals surface area contributed by atoms with E-state index >= 15 is 0 Å². The van der Waals surface area contributed by atoms with Crippen LogP contribution in [0.5, 0.6) is 0 Å². The van der Waals surface area contributed by atoms with Crippen LogP contribution in [0, 0.1) is 12.7 Å². The highest BCUT2D eigenvalue weighted by Crippen LogP contribution is 2.72. The number of hydrogen-bond donors (Lipinski definition) is 3. The van der Waals surface area contributed by atoms with Gasteiger partial charge in [-0.15, -0.1) is 10.3 Å². The van der Waals surface area contributed by atoms with E-state index in [2.05, 4.69) is 46.3 Å². The summed E-state index contributed by atoms with van der Waals surface area (Å²) in [7, 11) is 0.817. The number of benzene rings is 1. The minimum absolute atomic E-state index is 0. The fraction of sp³-hybridized carbons (Fsp3) is 0.516. The summed E-state index contributed by atoms with van der Waals surface area (Å²) in [6.07, 6.45) is 8.58. The SMILES string of the molecule is CN=Cc1c(N2CCC(N[C@@H]3C[C@H]3OS3(C(C)(C)C)CC3)CC2)ccc(C(=O)Nc2cc(F)c3nc(C)cn3c2)c1N.[HH].[HH]. The number of aromatic nitrogens is 2. The van der Waals surface area contributed by atoms with Gasteiger partial charge in [0.05, 0.1) is 28.7 Å². The standard InChI is InChI=1S/C31H42FN7O2S.2H2/c1-19-17-39-18-21(14-24(32)29(39)35-19)37-30(40)22-6-7-26(23(16-34-5)28(22)33)38-10-8-20(9-11-38)36-25-15-27(25)41-42(12-13-42)31(2,3)4;;/h6-7,14,16-18,20,25,27,36H,8-13,15,33H2,1-5H3,(H,37,40);2*1H/t25-,27-;;/m1../s1. The molecule has 1 aliphatic carbocycles. The summed E-state index contributed by atoms with van der Waals surface area (Å²) in [6.45, 7) is 10.5. The topological polar surface area (TPSA) is 109 Å². The maximum Gasteiger partial charge on any atom is 0.257 e. The Hall–Kier alpha value is -3.15. The van der Waals surface area contributed by atoms with Crippen molar-refractivity contribution < 1.29 is 16.2 Å². The lowest BCUT2D eigenvalue weighted by Gasteiger charge is -2.36. The first kappa shape index (κ1) is 28.9. The average Bonchev–Trinajstić information content (AvgIpc) is 3.84. The summed E-state index contributed by atoms with van der Waals surface area (Å²) < 4.78 is 23.0. The number of nitrogen functional groups attached to an aromatic ring is 1. The first-order valence-corrected chi connectivity index (χ1v) is 16.7. The van der Waals surface area contributed by atoms with Gasteiger partial charge < -0.3 is 29.9 Å². The number of carbonyl (C=O) groups excluding carboxylic acids is 1. The molecule has 2 aliphatic heterocycles. The van der Waals surface area contributed by atoms with Crippen LogP contribution in [-0.2, 0) is 4.18 Å². The molecule has 1 amide bonds. The van der Waals surface area contributed by atoms with Crippen LogP contribution in [0.1, 0.15) is 64.5 Å². The molecule has 0 spiro atoms. The zero-order chi connectivity index (χ0) is 29.8. The van der Waals surface area contributed by atoms with E-state index in [1.54, 1.807) is 43.0 Å². The molecule has 11 heteroatoms. The second-order valence-corrected chi connectivity index (χ2v) is 16.6. The molecule has 2 saturated heterocycles. The average molecular weight is 600 g/mol. The molecule has 3 aliphatic rings. The van der Waals surface area contributed by atoms with Crippen LogP contribution in [0.4, 0.5) is 21.5 Å². The Morgan fingerprint density at radius 3 is 2.67 bits per heavy atom. The van der Waals surface area contributed by atoms with Gasteiger partial charge in [-0.1, -0.05) is 20.8 Å². The summed E-state index contributed by atoms with van der Waals surface area (Å²) in [5.74, 6) is 1.59. The molecular weight excluding hydrogens is 553 g/mol. The molecule has 4 N–H and O–H groups in total. The minimum atomic E-state index is -0.876. The molecule has 3 fully saturated rings. The number of aliphatic imine (C=N–C) groups is 1. The Labute approximate surface area is 251 Å². The number of amides is 1. The number of imidazole rings is 1. The van der Waals surface area contributed by atoms with Gasteiger partial charge in [0.15, 0.2) is 11.5 Å². The van der Waals surface area contributed by atoms with Crippen molar-refractivity contribution in [2.75, 3.05) is 47.6 Å². The highest BCUT2D eigenvalue weighted by atomic mass is 32.3. The number of nitrogens with two attached hydrogens (primary N) is 1. The molecule has 1 saturated carbocycles. The van der Waals surface area contributed by atoms with Gasteiger partial charge in [-0.05, 0) is 38.3 Å². The van der Waals surface area contributed by atoms with Gasteiger partial charge in [0.2, 0.25) is 0 Å². The number of rotatable bonds is 8. The molecule has 0 bridgehead atoms. The van der Waals surface area contributed by atoms with Crippen molar-refractivity contribution in [1.29, 1.82) is 0 Å². The maximum atomic E-state index is 14.6. The van der Waals surface area contributed by atoms with Crippen molar-refractivity contribution >= 4 is 45.1 Å². The van der Waals surface area contributed by atoms with E-state index in [0.29, 0.717) is 40.8 Å². The molecule has 2 aromatic heterocycles. The number of pyridine rings is 1. The van der Waals surface area contributed by atoms with E-state index in [0.717, 1.165) is 43.6 Å². The zero-order valence-electron chi connectivity index (χ0n) is 25.1. The Balaban J connectivity index is 0.00000221. The fourth-order valence-electron chi connectivity index (χ4n) is 6.02. The molecule has 230 valence electrons. The Kier molecular flexibility index (Phi) is 7.47. The third kappa shape index (κ3) is 5.61. The van der Waals surface area contributed by atoms with Gasteiger partial charge in [-0.3, -0.25) is 9.79 Å². The van der Waals surface area contributed by atoms with Crippen molar-refractivity contribution in [3.8, 4) is 0 Å². The van der Waals surface area contributed by atoms with Crippen molar-refractivity contribution in [3.63, 3.8) is 0 Å². The normalized spacial score (nSPS) is 23.0. The van der Waals surface area contributed by atoms with E-state index in [4.69, 9.17) is 9.92 Å². The van der Waals surface area contributed by atoms with E-state index in [1.807, 2.05) is 6.07 Å². The molecule has 2 atom stereocenters. The van der Waals surface area contributed by atoms with E-state index in [1.165, 1.54) is 17.6 Å². The number of aryl methyl sites for hydroxylation is 1. The number of nitrogens with one attached hydrogen (secondary N) is 2. The summed E-state index contributed by atoms with van der Waals surface area (Å²) in [4.78, 5) is 24.0. The molecule has 6 rings (SSSR count).